The molecule has 0 saturated heterocycles. The number of hydrogen-bond donors (Lipinski definition) is 1. The van der Waals surface area contributed by atoms with Gasteiger partial charge in [-0.1, -0.05) is 12.1 Å². The quantitative estimate of drug-likeness (QED) is 0.780. The largest absolute Gasteiger partial charge is 0.478 e. The lowest BCUT2D eigenvalue weighted by atomic mass is 10.1. The van der Waals surface area contributed by atoms with Crippen molar-refractivity contribution in [1.29, 1.82) is 0 Å². The van der Waals surface area contributed by atoms with Crippen LogP contribution in [0.15, 0.2) is 48.5 Å². The molecule has 5 nitrogen and oxygen atoms in total. The first-order valence-corrected chi connectivity index (χ1v) is 8.51. The molecule has 0 atom stereocenters. The molecule has 0 heterocycles. The molecule has 0 aliphatic carbocycles. The molecule has 0 aliphatic rings. The normalized spacial score (nSPS) is 11.5. The predicted molar refractivity (Wildman–Crippen MR) is 98.1 cm³/mol. The summed E-state index contributed by atoms with van der Waals surface area (Å²) in [5.74, 6) is -1.48. The summed E-state index contributed by atoms with van der Waals surface area (Å²) in [6.45, 7) is 0.845. The average molecular weight is 394 g/mol. The Hall–Kier alpha value is -2.87. The Morgan fingerprint density at radius 1 is 0.964 bits per heavy atom. The van der Waals surface area contributed by atoms with E-state index in [0.717, 1.165) is 12.1 Å². The number of carboxylic acids is 1. The molecule has 0 saturated carbocycles. The minimum Gasteiger partial charge on any atom is -0.478 e. The van der Waals surface area contributed by atoms with E-state index in [4.69, 9.17) is 5.11 Å². The molecule has 0 aromatic heterocycles. The van der Waals surface area contributed by atoms with Gasteiger partial charge in [-0.2, -0.15) is 13.2 Å². The standard InChI is InChI=1S/C20H21F3N2O3/c1-24(2)10-11-25(13-14-4-3-5-17(12-14)20(21,22)23)18(26)15-6-8-16(9-7-15)19(27)28/h3-9,12H,10-11,13H2,1-2H3,(H,27,28). The van der Waals surface area contributed by atoms with Gasteiger partial charge in [0.1, 0.15) is 0 Å². The Labute approximate surface area is 161 Å². The van der Waals surface area contributed by atoms with E-state index in [-0.39, 0.29) is 23.6 Å². The van der Waals surface area contributed by atoms with Gasteiger partial charge in [0.25, 0.3) is 5.91 Å². The minimum atomic E-state index is -4.46. The molecule has 0 aliphatic heterocycles. The van der Waals surface area contributed by atoms with Crippen LogP contribution in [0.1, 0.15) is 31.8 Å². The Kier molecular flexibility index (Phi) is 6.80. The molecule has 2 aromatic carbocycles. The number of benzene rings is 2. The highest BCUT2D eigenvalue weighted by Gasteiger charge is 2.30. The second-order valence-corrected chi connectivity index (χ2v) is 6.61. The van der Waals surface area contributed by atoms with Gasteiger partial charge in [0.2, 0.25) is 0 Å². The van der Waals surface area contributed by atoms with Crippen LogP contribution in [0.2, 0.25) is 0 Å². The number of likely N-dealkylation sites (N-methyl/N-ethyl adjacent to an activating group) is 1. The molecule has 0 radical (unpaired) electrons. The van der Waals surface area contributed by atoms with Crippen LogP contribution in [0.3, 0.4) is 0 Å². The van der Waals surface area contributed by atoms with Crippen LogP contribution in [-0.4, -0.2) is 54.0 Å². The van der Waals surface area contributed by atoms with Crippen molar-refractivity contribution in [3.8, 4) is 0 Å². The zero-order valence-corrected chi connectivity index (χ0v) is 15.5. The Morgan fingerprint density at radius 2 is 1.57 bits per heavy atom. The third-order valence-electron chi connectivity index (χ3n) is 4.11. The maximum atomic E-state index is 13.0. The molecule has 0 unspecified atom stereocenters. The Morgan fingerprint density at radius 3 is 2.11 bits per heavy atom. The van der Waals surface area contributed by atoms with Gasteiger partial charge >= 0.3 is 12.1 Å². The summed E-state index contributed by atoms with van der Waals surface area (Å²) in [6, 6.07) is 10.3. The number of nitrogens with zero attached hydrogens (tertiary/aromatic N) is 2. The smallest absolute Gasteiger partial charge is 0.416 e. The fourth-order valence-electron chi connectivity index (χ4n) is 2.58. The van der Waals surface area contributed by atoms with E-state index in [2.05, 4.69) is 0 Å². The fourth-order valence-corrected chi connectivity index (χ4v) is 2.58. The van der Waals surface area contributed by atoms with Gasteiger partial charge in [0, 0.05) is 25.2 Å². The Bertz CT molecular complexity index is 833. The van der Waals surface area contributed by atoms with Gasteiger partial charge in [-0.3, -0.25) is 4.79 Å². The van der Waals surface area contributed by atoms with Gasteiger partial charge in [-0.25, -0.2) is 4.79 Å². The average Bonchev–Trinajstić information content (AvgIpc) is 2.64. The van der Waals surface area contributed by atoms with Crippen LogP contribution in [-0.2, 0) is 12.7 Å². The zero-order valence-electron chi connectivity index (χ0n) is 15.5. The monoisotopic (exact) mass is 394 g/mol. The number of aromatic carboxylic acids is 1. The van der Waals surface area contributed by atoms with E-state index in [9.17, 15) is 22.8 Å². The molecule has 1 N–H and O–H groups in total. The lowest BCUT2D eigenvalue weighted by molar-refractivity contribution is -0.137. The third-order valence-corrected chi connectivity index (χ3v) is 4.11. The number of amides is 1. The van der Waals surface area contributed by atoms with Crippen molar-refractivity contribution in [2.45, 2.75) is 12.7 Å². The van der Waals surface area contributed by atoms with Gasteiger partial charge < -0.3 is 14.9 Å². The SMILES string of the molecule is CN(C)CCN(Cc1cccc(C(F)(F)F)c1)C(=O)c1ccc(C(=O)O)cc1. The maximum absolute atomic E-state index is 13.0. The second kappa shape index (κ2) is 8.88. The number of alkyl halides is 3. The number of rotatable bonds is 7. The second-order valence-electron chi connectivity index (χ2n) is 6.61. The number of halogens is 3. The van der Waals surface area contributed by atoms with Crippen molar-refractivity contribution in [2.75, 3.05) is 27.2 Å². The van der Waals surface area contributed by atoms with Crippen molar-refractivity contribution < 1.29 is 27.9 Å². The van der Waals surface area contributed by atoms with Crippen molar-refractivity contribution in [1.82, 2.24) is 9.80 Å². The van der Waals surface area contributed by atoms with Crippen molar-refractivity contribution >= 4 is 11.9 Å². The summed E-state index contributed by atoms with van der Waals surface area (Å²) in [6.07, 6.45) is -4.46. The van der Waals surface area contributed by atoms with Crippen LogP contribution in [0, 0.1) is 0 Å². The van der Waals surface area contributed by atoms with E-state index in [0.29, 0.717) is 18.7 Å². The van der Waals surface area contributed by atoms with Crippen LogP contribution in [0.25, 0.3) is 0 Å². The lowest BCUT2D eigenvalue weighted by Crippen LogP contribution is -2.36. The van der Waals surface area contributed by atoms with E-state index in [1.807, 2.05) is 19.0 Å². The highest BCUT2D eigenvalue weighted by Crippen LogP contribution is 2.29. The molecule has 0 spiro atoms. The molecule has 1 amide bonds. The van der Waals surface area contributed by atoms with E-state index < -0.39 is 17.7 Å². The van der Waals surface area contributed by atoms with Crippen LogP contribution in [0.5, 0.6) is 0 Å². The summed E-state index contributed by atoms with van der Waals surface area (Å²) in [5.41, 5.74) is -0.0788. The number of carbonyl (C=O) groups excluding carboxylic acids is 1. The third kappa shape index (κ3) is 5.82. The van der Waals surface area contributed by atoms with E-state index in [1.165, 1.54) is 35.2 Å². The summed E-state index contributed by atoms with van der Waals surface area (Å²) in [4.78, 5) is 27.1. The molecule has 8 heteroatoms. The molecular formula is C20H21F3N2O3. The van der Waals surface area contributed by atoms with Crippen molar-refractivity contribution in [2.24, 2.45) is 0 Å². The predicted octanol–water partition coefficient (Wildman–Crippen LogP) is 3.61. The first kappa shape index (κ1) is 21.4. The van der Waals surface area contributed by atoms with Crippen LogP contribution >= 0.6 is 0 Å². The summed E-state index contributed by atoms with van der Waals surface area (Å²) < 4.78 is 38.9. The lowest BCUT2D eigenvalue weighted by Gasteiger charge is -2.25. The topological polar surface area (TPSA) is 60.9 Å². The molecule has 2 rings (SSSR count). The molecule has 0 bridgehead atoms. The highest BCUT2D eigenvalue weighted by atomic mass is 19.4. The highest BCUT2D eigenvalue weighted by molar-refractivity contribution is 5.95. The van der Waals surface area contributed by atoms with Gasteiger partial charge in [-0.15, -0.1) is 0 Å². The maximum Gasteiger partial charge on any atom is 0.416 e. The van der Waals surface area contributed by atoms with Crippen molar-refractivity contribution in [3.05, 3.63) is 70.8 Å². The first-order valence-electron chi connectivity index (χ1n) is 8.51. The van der Waals surface area contributed by atoms with Gasteiger partial charge in [-0.05, 0) is 56.1 Å². The zero-order chi connectivity index (χ0) is 20.9. The molecule has 0 fully saturated rings. The summed E-state index contributed by atoms with van der Waals surface area (Å²) in [5, 5.41) is 8.96. The minimum absolute atomic E-state index is 0.0112. The fraction of sp³-hybridized carbons (Fsp3) is 0.300. The molecule has 2 aromatic rings. The number of hydrogen-bond acceptors (Lipinski definition) is 3. The van der Waals surface area contributed by atoms with E-state index in [1.54, 1.807) is 6.07 Å². The van der Waals surface area contributed by atoms with Gasteiger partial charge in [0.05, 0.1) is 11.1 Å². The number of carbonyl (C=O) groups is 2. The van der Waals surface area contributed by atoms with Crippen molar-refractivity contribution in [3.63, 3.8) is 0 Å². The Balaban J connectivity index is 2.26. The van der Waals surface area contributed by atoms with Gasteiger partial charge in [0.15, 0.2) is 0 Å². The van der Waals surface area contributed by atoms with Crippen LogP contribution in [0.4, 0.5) is 13.2 Å². The molecular weight excluding hydrogens is 373 g/mol. The number of carboxylic acid groups (broad SMARTS) is 1. The molecule has 28 heavy (non-hydrogen) atoms. The summed E-state index contributed by atoms with van der Waals surface area (Å²) >= 11 is 0. The van der Waals surface area contributed by atoms with Crippen LogP contribution < -0.4 is 0 Å². The van der Waals surface area contributed by atoms with E-state index >= 15 is 0 Å². The summed E-state index contributed by atoms with van der Waals surface area (Å²) in [7, 11) is 3.66. The molecule has 150 valence electrons. The first-order chi connectivity index (χ1) is 13.1.